The minimum atomic E-state index is -0.285. The van der Waals surface area contributed by atoms with E-state index < -0.39 is 0 Å². The van der Waals surface area contributed by atoms with Gasteiger partial charge in [-0.25, -0.2) is 0 Å². The zero-order valence-electron chi connectivity index (χ0n) is 10.1. The molecule has 1 aromatic rings. The molecule has 0 saturated carbocycles. The number of oxime groups is 1. The van der Waals surface area contributed by atoms with E-state index in [0.717, 1.165) is 12.2 Å². The average Bonchev–Trinajstić information content (AvgIpc) is 2.38. The Hall–Kier alpha value is -1.55. The van der Waals surface area contributed by atoms with Gasteiger partial charge in [-0.05, 0) is 30.7 Å². The lowest BCUT2D eigenvalue weighted by atomic mass is 10.1. The summed E-state index contributed by atoms with van der Waals surface area (Å²) >= 11 is 0. The SMILES string of the molecule is CCCCCOc1ccc(C(CO)=NO)cc1. The molecule has 4 nitrogen and oxygen atoms in total. The molecule has 0 bridgehead atoms. The molecule has 94 valence electrons. The highest BCUT2D eigenvalue weighted by atomic mass is 16.5. The van der Waals surface area contributed by atoms with Crippen LogP contribution in [0.25, 0.3) is 0 Å². The summed E-state index contributed by atoms with van der Waals surface area (Å²) in [5, 5.41) is 20.6. The Morgan fingerprint density at radius 3 is 2.47 bits per heavy atom. The largest absolute Gasteiger partial charge is 0.494 e. The molecule has 0 unspecified atom stereocenters. The van der Waals surface area contributed by atoms with Gasteiger partial charge < -0.3 is 15.1 Å². The van der Waals surface area contributed by atoms with Crippen molar-refractivity contribution in [1.29, 1.82) is 0 Å². The van der Waals surface area contributed by atoms with Gasteiger partial charge in [0.1, 0.15) is 11.5 Å². The third-order valence-electron chi connectivity index (χ3n) is 2.47. The molecule has 0 aliphatic rings. The molecule has 4 heteroatoms. The van der Waals surface area contributed by atoms with Gasteiger partial charge in [-0.1, -0.05) is 24.9 Å². The zero-order valence-corrected chi connectivity index (χ0v) is 10.1. The maximum absolute atomic E-state index is 8.93. The minimum absolute atomic E-state index is 0.252. The van der Waals surface area contributed by atoms with Gasteiger partial charge in [0.15, 0.2) is 0 Å². The predicted octanol–water partition coefficient (Wildman–Crippen LogP) is 2.43. The fourth-order valence-corrected chi connectivity index (χ4v) is 1.47. The second kappa shape index (κ2) is 7.68. The topological polar surface area (TPSA) is 62.0 Å². The molecular weight excluding hydrogens is 218 g/mol. The van der Waals surface area contributed by atoms with E-state index >= 15 is 0 Å². The van der Waals surface area contributed by atoms with Gasteiger partial charge in [0, 0.05) is 5.56 Å². The number of unbranched alkanes of at least 4 members (excludes halogenated alkanes) is 2. The third-order valence-corrected chi connectivity index (χ3v) is 2.47. The standard InChI is InChI=1S/C13H19NO3/c1-2-3-4-9-17-12-7-5-11(6-8-12)13(10-15)14-16/h5-8,15-16H,2-4,9-10H2,1H3. The molecule has 0 atom stereocenters. The maximum Gasteiger partial charge on any atom is 0.119 e. The number of hydrogen-bond acceptors (Lipinski definition) is 4. The summed E-state index contributed by atoms with van der Waals surface area (Å²) in [6.45, 7) is 2.58. The first-order chi connectivity index (χ1) is 8.31. The predicted molar refractivity (Wildman–Crippen MR) is 66.9 cm³/mol. The maximum atomic E-state index is 8.93. The van der Waals surface area contributed by atoms with Crippen LogP contribution in [0.5, 0.6) is 5.75 Å². The second-order valence-corrected chi connectivity index (χ2v) is 3.78. The van der Waals surface area contributed by atoms with E-state index in [1.165, 1.54) is 12.8 Å². The first-order valence-electron chi connectivity index (χ1n) is 5.86. The molecule has 17 heavy (non-hydrogen) atoms. The van der Waals surface area contributed by atoms with Gasteiger partial charge in [-0.3, -0.25) is 0 Å². The van der Waals surface area contributed by atoms with Crippen molar-refractivity contribution in [1.82, 2.24) is 0 Å². The number of hydrogen-bond donors (Lipinski definition) is 2. The highest BCUT2D eigenvalue weighted by molar-refractivity contribution is 6.01. The smallest absolute Gasteiger partial charge is 0.119 e. The molecule has 0 amide bonds. The van der Waals surface area contributed by atoms with E-state index in [1.54, 1.807) is 12.1 Å². The normalized spacial score (nSPS) is 11.5. The van der Waals surface area contributed by atoms with E-state index in [0.29, 0.717) is 12.2 Å². The highest BCUT2D eigenvalue weighted by Gasteiger charge is 2.02. The van der Waals surface area contributed by atoms with E-state index in [4.69, 9.17) is 15.1 Å². The molecule has 0 heterocycles. The second-order valence-electron chi connectivity index (χ2n) is 3.78. The van der Waals surface area contributed by atoms with Crippen molar-refractivity contribution in [2.45, 2.75) is 26.2 Å². The number of rotatable bonds is 7. The molecule has 0 saturated heterocycles. The third kappa shape index (κ3) is 4.44. The Balaban J connectivity index is 2.50. The number of nitrogens with zero attached hydrogens (tertiary/aromatic N) is 1. The van der Waals surface area contributed by atoms with Crippen molar-refractivity contribution < 1.29 is 15.1 Å². The van der Waals surface area contributed by atoms with Crippen molar-refractivity contribution in [2.75, 3.05) is 13.2 Å². The van der Waals surface area contributed by atoms with Crippen LogP contribution >= 0.6 is 0 Å². The summed E-state index contributed by atoms with van der Waals surface area (Å²) in [6, 6.07) is 7.14. The van der Waals surface area contributed by atoms with Crippen LogP contribution in [-0.2, 0) is 0 Å². The summed E-state index contributed by atoms with van der Waals surface area (Å²) in [5.74, 6) is 0.792. The fourth-order valence-electron chi connectivity index (χ4n) is 1.47. The molecule has 1 rings (SSSR count). The van der Waals surface area contributed by atoms with Gasteiger partial charge in [-0.15, -0.1) is 0 Å². The summed E-state index contributed by atoms with van der Waals surface area (Å²) in [4.78, 5) is 0. The van der Waals surface area contributed by atoms with E-state index in [-0.39, 0.29) is 12.3 Å². The Labute approximate surface area is 102 Å². The van der Waals surface area contributed by atoms with Crippen LogP contribution in [0.15, 0.2) is 29.4 Å². The number of aliphatic hydroxyl groups is 1. The van der Waals surface area contributed by atoms with Gasteiger partial charge >= 0.3 is 0 Å². The Bertz CT molecular complexity index is 346. The number of aliphatic hydroxyl groups excluding tert-OH is 1. The monoisotopic (exact) mass is 237 g/mol. The number of benzene rings is 1. The molecule has 0 aliphatic carbocycles. The van der Waals surface area contributed by atoms with Crippen LogP contribution in [-0.4, -0.2) is 29.2 Å². The van der Waals surface area contributed by atoms with Crippen molar-refractivity contribution in [3.63, 3.8) is 0 Å². The number of ether oxygens (including phenoxy) is 1. The van der Waals surface area contributed by atoms with Crippen LogP contribution in [0.3, 0.4) is 0 Å². The quantitative estimate of drug-likeness (QED) is 0.331. The molecular formula is C13H19NO3. The molecule has 0 aliphatic heterocycles. The fraction of sp³-hybridized carbons (Fsp3) is 0.462. The van der Waals surface area contributed by atoms with Crippen molar-refractivity contribution >= 4 is 5.71 Å². The average molecular weight is 237 g/mol. The van der Waals surface area contributed by atoms with Crippen molar-refractivity contribution in [3.05, 3.63) is 29.8 Å². The molecule has 2 N–H and O–H groups in total. The van der Waals surface area contributed by atoms with Gasteiger partial charge in [-0.2, -0.15) is 0 Å². The van der Waals surface area contributed by atoms with Crippen LogP contribution in [0.4, 0.5) is 0 Å². The Morgan fingerprint density at radius 1 is 1.24 bits per heavy atom. The van der Waals surface area contributed by atoms with Crippen LogP contribution in [0.2, 0.25) is 0 Å². The van der Waals surface area contributed by atoms with Crippen molar-refractivity contribution in [3.8, 4) is 5.75 Å². The van der Waals surface area contributed by atoms with E-state index in [9.17, 15) is 0 Å². The first-order valence-corrected chi connectivity index (χ1v) is 5.86. The van der Waals surface area contributed by atoms with Crippen LogP contribution < -0.4 is 4.74 Å². The van der Waals surface area contributed by atoms with Crippen LogP contribution in [0.1, 0.15) is 31.7 Å². The summed E-state index contributed by atoms with van der Waals surface area (Å²) in [5.41, 5.74) is 0.943. The molecule has 0 aromatic heterocycles. The lowest BCUT2D eigenvalue weighted by molar-refractivity contribution is 0.303. The summed E-state index contributed by atoms with van der Waals surface area (Å²) in [7, 11) is 0. The first kappa shape index (κ1) is 13.5. The summed E-state index contributed by atoms with van der Waals surface area (Å²) < 4.78 is 5.55. The molecule has 0 spiro atoms. The van der Waals surface area contributed by atoms with Crippen molar-refractivity contribution in [2.24, 2.45) is 5.16 Å². The molecule has 1 aromatic carbocycles. The van der Waals surface area contributed by atoms with E-state index in [2.05, 4.69) is 12.1 Å². The van der Waals surface area contributed by atoms with Gasteiger partial charge in [0.25, 0.3) is 0 Å². The van der Waals surface area contributed by atoms with E-state index in [1.807, 2.05) is 12.1 Å². The van der Waals surface area contributed by atoms with Gasteiger partial charge in [0.05, 0.1) is 13.2 Å². The van der Waals surface area contributed by atoms with Gasteiger partial charge in [0.2, 0.25) is 0 Å². The van der Waals surface area contributed by atoms with Crippen LogP contribution in [0, 0.1) is 0 Å². The Kier molecular flexibility index (Phi) is 6.10. The highest BCUT2D eigenvalue weighted by Crippen LogP contribution is 2.13. The molecule has 0 radical (unpaired) electrons. The minimum Gasteiger partial charge on any atom is -0.494 e. The lowest BCUT2D eigenvalue weighted by Crippen LogP contribution is -2.06. The molecule has 0 fully saturated rings. The lowest BCUT2D eigenvalue weighted by Gasteiger charge is -2.06. The summed E-state index contributed by atoms with van der Waals surface area (Å²) in [6.07, 6.45) is 3.40. The Morgan fingerprint density at radius 2 is 1.94 bits per heavy atom. The zero-order chi connectivity index (χ0) is 12.5.